The third-order valence-corrected chi connectivity index (χ3v) is 6.44. The van der Waals surface area contributed by atoms with E-state index in [1.54, 1.807) is 7.11 Å². The van der Waals surface area contributed by atoms with Crippen molar-refractivity contribution in [2.45, 2.75) is 39.3 Å². The predicted molar refractivity (Wildman–Crippen MR) is 119 cm³/mol. The van der Waals surface area contributed by atoms with Crippen molar-refractivity contribution in [1.82, 2.24) is 9.47 Å². The maximum Gasteiger partial charge on any atom is 0.178 e. The Kier molecular flexibility index (Phi) is 6.44. The highest BCUT2D eigenvalue weighted by Gasteiger charge is 2.24. The summed E-state index contributed by atoms with van der Waals surface area (Å²) in [5.74, 6) is 1.10. The summed E-state index contributed by atoms with van der Waals surface area (Å²) in [5.41, 5.74) is 4.26. The van der Waals surface area contributed by atoms with Crippen LogP contribution in [0.1, 0.15) is 34.6 Å². The number of carbonyl (C=O) groups is 1. The Bertz CT molecular complexity index is 878. The zero-order chi connectivity index (χ0) is 21.1. The van der Waals surface area contributed by atoms with Crippen LogP contribution in [0.4, 0.5) is 5.69 Å². The summed E-state index contributed by atoms with van der Waals surface area (Å²) >= 11 is 0. The molecule has 0 radical (unpaired) electrons. The van der Waals surface area contributed by atoms with E-state index >= 15 is 0 Å². The lowest BCUT2D eigenvalue weighted by Gasteiger charge is -2.35. The number of carbonyl (C=O) groups excluding carboxylic acids is 1. The molecule has 0 bridgehead atoms. The van der Waals surface area contributed by atoms with Crippen molar-refractivity contribution in [1.29, 1.82) is 0 Å². The van der Waals surface area contributed by atoms with E-state index in [1.165, 1.54) is 5.69 Å². The number of nitrogens with zero attached hydrogens (tertiary/aromatic N) is 3. The molecule has 6 heteroatoms. The van der Waals surface area contributed by atoms with Crippen molar-refractivity contribution in [3.05, 3.63) is 47.3 Å². The maximum atomic E-state index is 13.1. The standard InChI is InChI=1S/C24H33N3O3/c1-18-14-23(19(2)27(18)16-22-8-5-13-30-22)24(28)17-25-9-11-26(12-10-25)20-6-4-7-21(15-20)29-3/h4,6-7,14-15,22H,5,8-13,16-17H2,1-3H3/t22-/m0/s1. The molecule has 2 saturated heterocycles. The van der Waals surface area contributed by atoms with E-state index < -0.39 is 0 Å². The molecule has 2 fully saturated rings. The summed E-state index contributed by atoms with van der Waals surface area (Å²) < 4.78 is 13.4. The summed E-state index contributed by atoms with van der Waals surface area (Å²) in [5, 5.41) is 0. The molecular formula is C24H33N3O3. The number of anilines is 1. The molecular weight excluding hydrogens is 378 g/mol. The first-order valence-electron chi connectivity index (χ1n) is 11.0. The third kappa shape index (κ3) is 4.55. The number of hydrogen-bond donors (Lipinski definition) is 0. The molecule has 0 amide bonds. The van der Waals surface area contributed by atoms with Crippen molar-refractivity contribution >= 4 is 11.5 Å². The van der Waals surface area contributed by atoms with E-state index in [1.807, 2.05) is 12.1 Å². The minimum absolute atomic E-state index is 0.219. The Morgan fingerprint density at radius 2 is 1.97 bits per heavy atom. The number of aromatic nitrogens is 1. The molecule has 2 aliphatic rings. The van der Waals surface area contributed by atoms with Crippen LogP contribution in [0, 0.1) is 13.8 Å². The normalized spacial score (nSPS) is 20.0. The highest BCUT2D eigenvalue weighted by atomic mass is 16.5. The first kappa shape index (κ1) is 20.9. The van der Waals surface area contributed by atoms with Crippen LogP contribution >= 0.6 is 0 Å². The summed E-state index contributed by atoms with van der Waals surface area (Å²) in [6, 6.07) is 10.2. The van der Waals surface area contributed by atoms with E-state index in [4.69, 9.17) is 9.47 Å². The van der Waals surface area contributed by atoms with Gasteiger partial charge < -0.3 is 18.9 Å². The number of aryl methyl sites for hydroxylation is 1. The Balaban J connectivity index is 1.34. The quantitative estimate of drug-likeness (QED) is 0.655. The molecule has 6 nitrogen and oxygen atoms in total. The van der Waals surface area contributed by atoms with Gasteiger partial charge in [-0.25, -0.2) is 0 Å². The third-order valence-electron chi connectivity index (χ3n) is 6.44. The van der Waals surface area contributed by atoms with E-state index in [-0.39, 0.29) is 11.9 Å². The van der Waals surface area contributed by atoms with Gasteiger partial charge in [-0.2, -0.15) is 0 Å². The van der Waals surface area contributed by atoms with Gasteiger partial charge in [-0.05, 0) is 44.9 Å². The minimum atomic E-state index is 0.219. The van der Waals surface area contributed by atoms with Gasteiger partial charge in [-0.3, -0.25) is 9.69 Å². The Labute approximate surface area is 179 Å². The first-order chi connectivity index (χ1) is 14.5. The van der Waals surface area contributed by atoms with Gasteiger partial charge in [-0.1, -0.05) is 6.07 Å². The lowest BCUT2D eigenvalue weighted by atomic mass is 10.1. The molecule has 30 heavy (non-hydrogen) atoms. The first-order valence-corrected chi connectivity index (χ1v) is 11.0. The zero-order valence-corrected chi connectivity index (χ0v) is 18.4. The summed E-state index contributed by atoms with van der Waals surface area (Å²) in [7, 11) is 1.69. The molecule has 0 spiro atoms. The van der Waals surface area contributed by atoms with Gasteiger partial charge >= 0.3 is 0 Å². The average Bonchev–Trinajstić information content (AvgIpc) is 3.38. The van der Waals surface area contributed by atoms with Crippen LogP contribution in [0.5, 0.6) is 5.75 Å². The highest BCUT2D eigenvalue weighted by Crippen LogP contribution is 2.23. The second-order valence-corrected chi connectivity index (χ2v) is 8.42. The predicted octanol–water partition coefficient (Wildman–Crippen LogP) is 3.30. The largest absolute Gasteiger partial charge is 0.497 e. The Morgan fingerprint density at radius 3 is 2.67 bits per heavy atom. The van der Waals surface area contributed by atoms with Crippen LogP contribution in [0.15, 0.2) is 30.3 Å². The fourth-order valence-corrected chi connectivity index (χ4v) is 4.62. The van der Waals surface area contributed by atoms with E-state index in [0.717, 1.165) is 74.9 Å². The van der Waals surface area contributed by atoms with Crippen molar-refractivity contribution in [2.75, 3.05) is 51.3 Å². The van der Waals surface area contributed by atoms with E-state index in [0.29, 0.717) is 6.54 Å². The summed E-state index contributed by atoms with van der Waals surface area (Å²) in [6.45, 7) is 9.95. The molecule has 1 aromatic carbocycles. The van der Waals surface area contributed by atoms with Crippen molar-refractivity contribution in [3.8, 4) is 5.75 Å². The zero-order valence-electron chi connectivity index (χ0n) is 18.4. The van der Waals surface area contributed by atoms with Gasteiger partial charge in [-0.15, -0.1) is 0 Å². The van der Waals surface area contributed by atoms with Gasteiger partial charge in [0, 0.05) is 68.0 Å². The molecule has 0 unspecified atom stereocenters. The second kappa shape index (κ2) is 9.23. The molecule has 2 aromatic rings. The van der Waals surface area contributed by atoms with Crippen LogP contribution in [-0.4, -0.2) is 67.8 Å². The molecule has 162 valence electrons. The van der Waals surface area contributed by atoms with Gasteiger partial charge in [0.1, 0.15) is 5.75 Å². The number of piperazine rings is 1. The Hall–Kier alpha value is -2.31. The SMILES string of the molecule is COc1cccc(N2CCN(CC(=O)c3cc(C)n(C[C@@H]4CCCO4)c3C)CC2)c1. The minimum Gasteiger partial charge on any atom is -0.497 e. The van der Waals surface area contributed by atoms with Crippen LogP contribution in [0.25, 0.3) is 0 Å². The number of Topliss-reactive ketones (excluding diaryl/α,β-unsaturated/α-hetero) is 1. The fraction of sp³-hybridized carbons (Fsp3) is 0.542. The monoisotopic (exact) mass is 411 g/mol. The number of ether oxygens (including phenoxy) is 2. The molecule has 1 atom stereocenters. The molecule has 3 heterocycles. The number of rotatable bonds is 7. The number of benzene rings is 1. The van der Waals surface area contributed by atoms with Gasteiger partial charge in [0.2, 0.25) is 0 Å². The van der Waals surface area contributed by atoms with Crippen molar-refractivity contribution in [3.63, 3.8) is 0 Å². The van der Waals surface area contributed by atoms with E-state index in [9.17, 15) is 4.79 Å². The fourth-order valence-electron chi connectivity index (χ4n) is 4.62. The smallest absolute Gasteiger partial charge is 0.178 e. The van der Waals surface area contributed by atoms with Crippen molar-refractivity contribution < 1.29 is 14.3 Å². The van der Waals surface area contributed by atoms with Crippen LogP contribution in [0.2, 0.25) is 0 Å². The van der Waals surface area contributed by atoms with E-state index in [2.05, 4.69) is 46.4 Å². The lowest BCUT2D eigenvalue weighted by Crippen LogP contribution is -2.48. The maximum absolute atomic E-state index is 13.1. The number of methoxy groups -OCH3 is 1. The van der Waals surface area contributed by atoms with Gasteiger partial charge in [0.05, 0.1) is 19.8 Å². The molecule has 2 aliphatic heterocycles. The van der Waals surface area contributed by atoms with Crippen LogP contribution in [-0.2, 0) is 11.3 Å². The van der Waals surface area contributed by atoms with Crippen LogP contribution in [0.3, 0.4) is 0 Å². The molecule has 1 aromatic heterocycles. The molecule has 4 rings (SSSR count). The average molecular weight is 412 g/mol. The second-order valence-electron chi connectivity index (χ2n) is 8.42. The molecule has 0 N–H and O–H groups in total. The topological polar surface area (TPSA) is 46.9 Å². The highest BCUT2D eigenvalue weighted by molar-refractivity contribution is 5.99. The van der Waals surface area contributed by atoms with Crippen LogP contribution < -0.4 is 9.64 Å². The number of ketones is 1. The summed E-state index contributed by atoms with van der Waals surface area (Å²) in [6.07, 6.45) is 2.53. The Morgan fingerprint density at radius 1 is 1.17 bits per heavy atom. The van der Waals surface area contributed by atoms with Crippen molar-refractivity contribution in [2.24, 2.45) is 0 Å². The lowest BCUT2D eigenvalue weighted by molar-refractivity contribution is 0.0918. The van der Waals surface area contributed by atoms with Gasteiger partial charge in [0.25, 0.3) is 0 Å². The number of hydrogen-bond acceptors (Lipinski definition) is 5. The molecule has 0 aliphatic carbocycles. The molecule has 0 saturated carbocycles. The van der Waals surface area contributed by atoms with Gasteiger partial charge in [0.15, 0.2) is 5.78 Å². The summed E-state index contributed by atoms with van der Waals surface area (Å²) in [4.78, 5) is 17.7.